The second kappa shape index (κ2) is 22.9. The van der Waals surface area contributed by atoms with E-state index in [-0.39, 0.29) is 77.0 Å². The van der Waals surface area contributed by atoms with Gasteiger partial charge >= 0.3 is 66.4 Å². The fourth-order valence-electron chi connectivity index (χ4n) is 0. The van der Waals surface area contributed by atoms with Crippen LogP contribution < -0.4 is 71.5 Å². The van der Waals surface area contributed by atoms with Gasteiger partial charge in [0.15, 0.2) is 0 Å². The Hall–Kier alpha value is 2.19. The largest absolute Gasteiger partial charge is 1.00 e. The average Bonchev–Trinajstić information content (AvgIpc) is 0.811. The molecule has 0 bridgehead atoms. The zero-order chi connectivity index (χ0) is 3.58. The molecule has 0 aliphatic heterocycles. The van der Waals surface area contributed by atoms with Crippen LogP contribution in [-0.2, 0) is 0 Å². The first-order valence-corrected chi connectivity index (χ1v) is 0.775. The Morgan fingerprint density at radius 2 is 0.875 bits per heavy atom. The maximum Gasteiger partial charge on any atom is 1.00 e. The smallest absolute Gasteiger partial charge is 1.00 e. The van der Waals surface area contributed by atoms with Crippen LogP contribution in [0.3, 0.4) is 0 Å². The third kappa shape index (κ3) is 88.1. The standard InChI is InChI=1S/BH3O3.ClH.2Na.H2O/c2-1(3)4;;;;/h2-4H;1H;;;1H2/q;;2*+1;/p-2. The molecule has 0 aliphatic rings. The maximum absolute atomic E-state index is 7.17. The molecule has 8 heavy (non-hydrogen) atoms. The summed E-state index contributed by atoms with van der Waals surface area (Å²) in [5, 5.41) is 21.5. The normalized spacial score (nSPS) is 3.38. The van der Waals surface area contributed by atoms with E-state index in [0.29, 0.717) is 0 Å². The van der Waals surface area contributed by atoms with Gasteiger partial charge in [-0.25, -0.2) is 0 Å². The quantitative estimate of drug-likeness (QED) is 0.307. The number of hydrogen-bond acceptors (Lipinski definition) is 4. The molecule has 0 unspecified atom stereocenters. The van der Waals surface area contributed by atoms with Crippen molar-refractivity contribution in [3.63, 3.8) is 0 Å². The van der Waals surface area contributed by atoms with Crippen LogP contribution in [0.4, 0.5) is 0 Å². The second-order valence-electron chi connectivity index (χ2n) is 0.346. The minimum absolute atomic E-state index is 0. The van der Waals surface area contributed by atoms with Crippen LogP contribution in [0.5, 0.6) is 0 Å². The van der Waals surface area contributed by atoms with E-state index >= 15 is 0 Å². The Labute approximate surface area is 98.1 Å². The molecule has 0 fully saturated rings. The van der Waals surface area contributed by atoms with Gasteiger partial charge in [-0.15, -0.1) is 0 Å². The van der Waals surface area contributed by atoms with Crippen LogP contribution in [0.15, 0.2) is 0 Å². The van der Waals surface area contributed by atoms with Gasteiger partial charge in [-0.05, 0) is 0 Å². The van der Waals surface area contributed by atoms with Gasteiger partial charge in [0.05, 0.1) is 0 Å². The minimum Gasteiger partial charge on any atom is -1.00 e. The number of rotatable bonds is 0. The van der Waals surface area contributed by atoms with E-state index in [9.17, 15) is 0 Å². The van der Waals surface area contributed by atoms with Crippen molar-refractivity contribution in [1.82, 2.24) is 0 Å². The molecule has 4 N–H and O–H groups in total. The van der Waals surface area contributed by atoms with Crippen molar-refractivity contribution in [2.75, 3.05) is 0 Å². The van der Waals surface area contributed by atoms with Gasteiger partial charge in [-0.3, -0.25) is 0 Å². The van der Waals surface area contributed by atoms with Crippen molar-refractivity contribution in [2.24, 2.45) is 0 Å². The predicted octanol–water partition coefficient (Wildman–Crippen LogP) is -11.2. The molecule has 0 saturated carbocycles. The molecule has 0 atom stereocenters. The van der Waals surface area contributed by atoms with E-state index in [4.69, 9.17) is 15.1 Å². The summed E-state index contributed by atoms with van der Waals surface area (Å²) < 4.78 is 0. The van der Waals surface area contributed by atoms with Gasteiger partial charge < -0.3 is 33.0 Å². The summed E-state index contributed by atoms with van der Waals surface area (Å²) in [5.41, 5.74) is 0. The topological polar surface area (TPSA) is 90.7 Å². The summed E-state index contributed by atoms with van der Waals surface area (Å²) in [6.45, 7) is 0. The van der Waals surface area contributed by atoms with Crippen LogP contribution in [0, 0.1) is 0 Å². The number of hydrogen-bond donors (Lipinski definition) is 3. The molecule has 0 saturated heterocycles. The fraction of sp³-hybridized carbons (Fsp3) is 0. The van der Waals surface area contributed by atoms with Gasteiger partial charge in [-0.2, -0.15) is 0 Å². The second-order valence-corrected chi connectivity index (χ2v) is 0.346. The SMILES string of the molecule is OB(O)O.[Cl-].[Na+].[Na+].[OH-]. The summed E-state index contributed by atoms with van der Waals surface area (Å²) in [5.74, 6) is 0. The third-order valence-corrected chi connectivity index (χ3v) is 0. The maximum atomic E-state index is 7.17. The Morgan fingerprint density at radius 1 is 0.875 bits per heavy atom. The third-order valence-electron chi connectivity index (χ3n) is 0. The van der Waals surface area contributed by atoms with Gasteiger partial charge in [-0.1, -0.05) is 0 Å². The summed E-state index contributed by atoms with van der Waals surface area (Å²) in [7, 11) is -2.17. The van der Waals surface area contributed by atoms with Crippen LogP contribution in [0.2, 0.25) is 0 Å². The van der Waals surface area contributed by atoms with Crippen molar-refractivity contribution in [1.29, 1.82) is 0 Å². The molecule has 0 heterocycles. The van der Waals surface area contributed by atoms with Gasteiger partial charge in [0.25, 0.3) is 0 Å². The molecule has 0 aromatic carbocycles. The van der Waals surface area contributed by atoms with E-state index in [0.717, 1.165) is 0 Å². The summed E-state index contributed by atoms with van der Waals surface area (Å²) in [6, 6.07) is 0. The molecule has 0 amide bonds. The van der Waals surface area contributed by atoms with Gasteiger partial charge in [0, 0.05) is 0 Å². The molecule has 0 aromatic heterocycles. The van der Waals surface area contributed by atoms with Crippen LogP contribution in [0.25, 0.3) is 0 Å². The predicted molar refractivity (Wildman–Crippen MR) is 14.3 cm³/mol. The van der Waals surface area contributed by atoms with Gasteiger partial charge in [0.2, 0.25) is 0 Å². The minimum atomic E-state index is -2.17. The van der Waals surface area contributed by atoms with Crippen molar-refractivity contribution in [2.45, 2.75) is 0 Å². The molecule has 0 rings (SSSR count). The fourth-order valence-corrected chi connectivity index (χ4v) is 0. The first kappa shape index (κ1) is 31.9. The Balaban J connectivity index is -0.00000000750. The summed E-state index contributed by atoms with van der Waals surface area (Å²) in [4.78, 5) is 0. The Kier molecular flexibility index (Phi) is 91.4. The summed E-state index contributed by atoms with van der Waals surface area (Å²) in [6.07, 6.45) is 0. The monoisotopic (exact) mass is 160 g/mol. The molecular formula is H4BClNa2O4. The van der Waals surface area contributed by atoms with E-state index < -0.39 is 7.32 Å². The first-order chi connectivity index (χ1) is 1.73. The van der Waals surface area contributed by atoms with Crippen molar-refractivity contribution in [3.05, 3.63) is 0 Å². The van der Waals surface area contributed by atoms with E-state index in [2.05, 4.69) is 0 Å². The Bertz CT molecular complexity index is 18.8. The van der Waals surface area contributed by atoms with E-state index in [1.165, 1.54) is 0 Å². The van der Waals surface area contributed by atoms with Crippen LogP contribution >= 0.6 is 0 Å². The van der Waals surface area contributed by atoms with E-state index in [1.54, 1.807) is 0 Å². The Morgan fingerprint density at radius 3 is 0.875 bits per heavy atom. The summed E-state index contributed by atoms with van der Waals surface area (Å²) >= 11 is 0. The molecule has 0 spiro atoms. The van der Waals surface area contributed by atoms with Gasteiger partial charge in [0.1, 0.15) is 0 Å². The first-order valence-electron chi connectivity index (χ1n) is 0.775. The molecule has 0 aromatic rings. The molecular weight excluding hydrogens is 156 g/mol. The molecule has 40 valence electrons. The molecule has 0 aliphatic carbocycles. The van der Waals surface area contributed by atoms with Crippen molar-refractivity contribution < 1.29 is 92.1 Å². The van der Waals surface area contributed by atoms with E-state index in [1.807, 2.05) is 0 Å². The number of halogens is 1. The molecule has 0 radical (unpaired) electrons. The zero-order valence-corrected chi connectivity index (χ0v) is 9.50. The molecule has 4 nitrogen and oxygen atoms in total. The molecule has 8 heteroatoms. The zero-order valence-electron chi connectivity index (χ0n) is 4.74. The van der Waals surface area contributed by atoms with Crippen molar-refractivity contribution >= 4 is 7.32 Å². The van der Waals surface area contributed by atoms with Crippen LogP contribution in [-0.4, -0.2) is 27.9 Å². The average molecular weight is 160 g/mol. The van der Waals surface area contributed by atoms with Crippen LogP contribution in [0.1, 0.15) is 0 Å². The van der Waals surface area contributed by atoms with Crippen molar-refractivity contribution in [3.8, 4) is 0 Å².